The second-order valence-corrected chi connectivity index (χ2v) is 12.2. The minimum absolute atomic E-state index is 0.101. The molecular formula is C29H34N2O3S2. The van der Waals surface area contributed by atoms with Crippen LogP contribution in [0.2, 0.25) is 0 Å². The van der Waals surface area contributed by atoms with Crippen LogP contribution in [0, 0.1) is 11.3 Å². The number of unbranched alkanes of at least 4 members (excludes halogenated alkanes) is 5. The molecule has 3 aromatic rings. The Morgan fingerprint density at radius 2 is 1.56 bits per heavy atom. The summed E-state index contributed by atoms with van der Waals surface area (Å²) in [5.41, 5.74) is 3.73. The second kappa shape index (κ2) is 14.2. The van der Waals surface area contributed by atoms with Crippen molar-refractivity contribution in [3.05, 3.63) is 72.3 Å². The zero-order chi connectivity index (χ0) is 25.8. The molecule has 3 rings (SSSR count). The highest BCUT2D eigenvalue weighted by atomic mass is 32.2. The van der Waals surface area contributed by atoms with Crippen LogP contribution in [0.5, 0.6) is 0 Å². The molecule has 1 heterocycles. The number of nitrogens with zero attached hydrogens (tertiary/aromatic N) is 2. The summed E-state index contributed by atoms with van der Waals surface area (Å²) in [5, 5.41) is 21.0. The number of pyridine rings is 1. The van der Waals surface area contributed by atoms with E-state index >= 15 is 0 Å². The molecule has 1 aromatic heterocycles. The van der Waals surface area contributed by atoms with Crippen molar-refractivity contribution in [2.45, 2.75) is 56.6 Å². The molecule has 2 aromatic carbocycles. The summed E-state index contributed by atoms with van der Waals surface area (Å²) in [6, 6.07) is 23.6. The number of rotatable bonds is 14. The fourth-order valence-electron chi connectivity index (χ4n) is 4.04. The smallest absolute Gasteiger partial charge is 0.152 e. The van der Waals surface area contributed by atoms with Gasteiger partial charge in [0, 0.05) is 16.9 Å². The first-order valence-corrected chi connectivity index (χ1v) is 15.3. The molecular weight excluding hydrogens is 488 g/mol. The molecule has 0 amide bonds. The van der Waals surface area contributed by atoms with Gasteiger partial charge in [-0.05, 0) is 18.1 Å². The molecule has 0 fully saturated rings. The molecule has 1 unspecified atom stereocenters. The number of hydrogen-bond donors (Lipinski definition) is 1. The van der Waals surface area contributed by atoms with Gasteiger partial charge in [-0.15, -0.1) is 11.8 Å². The van der Waals surface area contributed by atoms with E-state index < -0.39 is 15.9 Å². The SMILES string of the molecule is CCCCCCCCS(=O)(=O)CC(O)CSc1nc(-c2ccccc2)cc(-c2ccccc2)c1C#N. The van der Waals surface area contributed by atoms with Crippen molar-refractivity contribution >= 4 is 21.6 Å². The maximum absolute atomic E-state index is 12.5. The largest absolute Gasteiger partial charge is 0.391 e. The molecule has 0 spiro atoms. The van der Waals surface area contributed by atoms with Gasteiger partial charge in [-0.1, -0.05) is 99.7 Å². The molecule has 0 aliphatic rings. The van der Waals surface area contributed by atoms with E-state index in [0.29, 0.717) is 17.0 Å². The topological polar surface area (TPSA) is 91.1 Å². The van der Waals surface area contributed by atoms with Crippen LogP contribution in [0.15, 0.2) is 71.8 Å². The van der Waals surface area contributed by atoms with Crippen molar-refractivity contribution in [2.75, 3.05) is 17.3 Å². The molecule has 1 N–H and O–H groups in total. The maximum atomic E-state index is 12.5. The molecule has 5 nitrogen and oxygen atoms in total. The number of aliphatic hydroxyl groups excluding tert-OH is 1. The van der Waals surface area contributed by atoms with E-state index in [9.17, 15) is 18.8 Å². The quantitative estimate of drug-likeness (QED) is 0.192. The lowest BCUT2D eigenvalue weighted by Gasteiger charge is -2.15. The van der Waals surface area contributed by atoms with Crippen molar-refractivity contribution in [3.8, 4) is 28.5 Å². The Morgan fingerprint density at radius 3 is 2.19 bits per heavy atom. The van der Waals surface area contributed by atoms with Gasteiger partial charge in [0.15, 0.2) is 9.84 Å². The molecule has 0 aliphatic carbocycles. The highest BCUT2D eigenvalue weighted by Gasteiger charge is 2.20. The Bertz CT molecular complexity index is 1240. The first-order chi connectivity index (χ1) is 17.4. The van der Waals surface area contributed by atoms with Crippen LogP contribution in [-0.4, -0.2) is 41.9 Å². The third-order valence-corrected chi connectivity index (χ3v) is 8.84. The zero-order valence-corrected chi connectivity index (χ0v) is 22.4. The first kappa shape index (κ1) is 27.9. The summed E-state index contributed by atoms with van der Waals surface area (Å²) in [6.07, 6.45) is 5.02. The molecule has 0 saturated carbocycles. The van der Waals surface area contributed by atoms with Gasteiger partial charge >= 0.3 is 0 Å². The van der Waals surface area contributed by atoms with Gasteiger partial charge in [-0.2, -0.15) is 5.26 Å². The van der Waals surface area contributed by atoms with Crippen LogP contribution in [0.3, 0.4) is 0 Å². The van der Waals surface area contributed by atoms with Crippen LogP contribution in [0.1, 0.15) is 51.0 Å². The fraction of sp³-hybridized carbons (Fsp3) is 0.379. The molecule has 36 heavy (non-hydrogen) atoms. The highest BCUT2D eigenvalue weighted by molar-refractivity contribution is 7.99. The van der Waals surface area contributed by atoms with E-state index in [4.69, 9.17) is 4.98 Å². The lowest BCUT2D eigenvalue weighted by atomic mass is 9.99. The van der Waals surface area contributed by atoms with E-state index in [2.05, 4.69) is 13.0 Å². The third kappa shape index (κ3) is 8.48. The maximum Gasteiger partial charge on any atom is 0.152 e. The Labute approximate surface area is 219 Å². The van der Waals surface area contributed by atoms with E-state index in [0.717, 1.165) is 48.1 Å². The highest BCUT2D eigenvalue weighted by Crippen LogP contribution is 2.34. The Morgan fingerprint density at radius 1 is 0.944 bits per heavy atom. The number of sulfone groups is 1. The second-order valence-electron chi connectivity index (χ2n) is 8.93. The predicted octanol–water partition coefficient (Wildman–Crippen LogP) is 6.52. The Kier molecular flexibility index (Phi) is 11.0. The van der Waals surface area contributed by atoms with Gasteiger partial charge in [-0.25, -0.2) is 13.4 Å². The van der Waals surface area contributed by atoms with Crippen molar-refractivity contribution in [1.82, 2.24) is 4.98 Å². The van der Waals surface area contributed by atoms with Gasteiger partial charge in [0.25, 0.3) is 0 Å². The molecule has 190 valence electrons. The number of hydrogen-bond acceptors (Lipinski definition) is 6. The predicted molar refractivity (Wildman–Crippen MR) is 149 cm³/mol. The minimum atomic E-state index is -3.34. The summed E-state index contributed by atoms with van der Waals surface area (Å²) in [7, 11) is -3.34. The van der Waals surface area contributed by atoms with Gasteiger partial charge in [-0.3, -0.25) is 0 Å². The number of aromatic nitrogens is 1. The van der Waals surface area contributed by atoms with Crippen molar-refractivity contribution in [1.29, 1.82) is 5.26 Å². The van der Waals surface area contributed by atoms with E-state index in [1.54, 1.807) is 0 Å². The minimum Gasteiger partial charge on any atom is -0.391 e. The van der Waals surface area contributed by atoms with Gasteiger partial charge in [0.1, 0.15) is 11.1 Å². The lowest BCUT2D eigenvalue weighted by molar-refractivity contribution is 0.222. The van der Waals surface area contributed by atoms with E-state index in [1.807, 2.05) is 66.7 Å². The average molecular weight is 523 g/mol. The molecule has 0 radical (unpaired) electrons. The van der Waals surface area contributed by atoms with Crippen molar-refractivity contribution in [2.24, 2.45) is 0 Å². The van der Waals surface area contributed by atoms with E-state index in [1.165, 1.54) is 18.2 Å². The van der Waals surface area contributed by atoms with E-state index in [-0.39, 0.29) is 17.3 Å². The standard InChI is InChI=1S/C29H34N2O3S2/c1-2-3-4-5-6-13-18-36(33,34)22-25(32)21-35-29-27(20-30)26(23-14-9-7-10-15-23)19-28(31-29)24-16-11-8-12-17-24/h7-12,14-17,19,25,32H,2-6,13,18,21-22H2,1H3. The first-order valence-electron chi connectivity index (χ1n) is 12.5. The molecule has 0 saturated heterocycles. The molecule has 0 aliphatic heterocycles. The zero-order valence-electron chi connectivity index (χ0n) is 20.8. The number of benzene rings is 2. The normalized spacial score (nSPS) is 12.2. The van der Waals surface area contributed by atoms with Crippen molar-refractivity contribution < 1.29 is 13.5 Å². The van der Waals surface area contributed by atoms with Crippen LogP contribution >= 0.6 is 11.8 Å². The lowest BCUT2D eigenvalue weighted by Crippen LogP contribution is -2.25. The number of aliphatic hydroxyl groups is 1. The Hall–Kier alpha value is -2.66. The van der Waals surface area contributed by atoms with Crippen LogP contribution in [0.4, 0.5) is 0 Å². The van der Waals surface area contributed by atoms with Crippen LogP contribution < -0.4 is 0 Å². The van der Waals surface area contributed by atoms with Crippen molar-refractivity contribution in [3.63, 3.8) is 0 Å². The summed E-state index contributed by atoms with van der Waals surface area (Å²) in [6.45, 7) is 2.15. The monoisotopic (exact) mass is 522 g/mol. The van der Waals surface area contributed by atoms with Gasteiger partial charge in [0.05, 0.1) is 28.9 Å². The van der Waals surface area contributed by atoms with Gasteiger partial charge < -0.3 is 5.11 Å². The van der Waals surface area contributed by atoms with Crippen LogP contribution in [0.25, 0.3) is 22.4 Å². The third-order valence-electron chi connectivity index (χ3n) is 5.92. The summed E-state index contributed by atoms with van der Waals surface area (Å²) >= 11 is 1.23. The summed E-state index contributed by atoms with van der Waals surface area (Å²) in [4.78, 5) is 4.73. The summed E-state index contributed by atoms with van der Waals surface area (Å²) < 4.78 is 25.0. The Balaban J connectivity index is 1.74. The molecule has 0 bridgehead atoms. The average Bonchev–Trinajstić information content (AvgIpc) is 2.89. The number of thioether (sulfide) groups is 1. The van der Waals surface area contributed by atoms with Gasteiger partial charge in [0.2, 0.25) is 0 Å². The summed E-state index contributed by atoms with van der Waals surface area (Å²) in [5.74, 6) is -0.0329. The molecule has 1 atom stereocenters. The fourth-order valence-corrected chi connectivity index (χ4v) is 6.63. The number of nitriles is 1. The molecule has 7 heteroatoms. The van der Waals surface area contributed by atoms with Crippen LogP contribution in [-0.2, 0) is 9.84 Å².